The summed E-state index contributed by atoms with van der Waals surface area (Å²) in [6.45, 7) is 2.04. The van der Waals surface area contributed by atoms with Gasteiger partial charge in [0.1, 0.15) is 11.8 Å². The summed E-state index contributed by atoms with van der Waals surface area (Å²) < 4.78 is 0. The van der Waals surface area contributed by atoms with Crippen LogP contribution in [0.3, 0.4) is 0 Å². The molecule has 74 valence electrons. The lowest BCUT2D eigenvalue weighted by Gasteiger charge is -2.02. The van der Waals surface area contributed by atoms with Gasteiger partial charge in [0.25, 0.3) is 0 Å². The number of aromatic hydroxyl groups is 1. The van der Waals surface area contributed by atoms with E-state index in [-0.39, 0.29) is 5.75 Å². The number of hydrogen-bond donors (Lipinski definition) is 1. The molecule has 1 aromatic heterocycles. The number of benzene rings is 1. The largest absolute Gasteiger partial charge is 0.507 e. The number of nitriles is 1. The highest BCUT2D eigenvalue weighted by Gasteiger charge is 2.06. The van der Waals surface area contributed by atoms with Crippen molar-refractivity contribution >= 4 is 11.3 Å². The molecule has 2 rings (SSSR count). The summed E-state index contributed by atoms with van der Waals surface area (Å²) in [5.41, 5.74) is 2.37. The van der Waals surface area contributed by atoms with E-state index in [9.17, 15) is 5.11 Å². The zero-order chi connectivity index (χ0) is 10.8. The van der Waals surface area contributed by atoms with Crippen LogP contribution < -0.4 is 0 Å². The van der Waals surface area contributed by atoms with Gasteiger partial charge in [-0.1, -0.05) is 6.07 Å². The topological polar surface area (TPSA) is 44.0 Å². The van der Waals surface area contributed by atoms with Crippen LogP contribution in [0.5, 0.6) is 5.75 Å². The lowest BCUT2D eigenvalue weighted by atomic mass is 10.0. The lowest BCUT2D eigenvalue weighted by molar-refractivity contribution is 0.474. The highest BCUT2D eigenvalue weighted by atomic mass is 32.1. The van der Waals surface area contributed by atoms with E-state index in [1.165, 1.54) is 4.88 Å². The van der Waals surface area contributed by atoms with Gasteiger partial charge in [0.05, 0.1) is 5.56 Å². The fraction of sp³-hybridized carbons (Fsp3) is 0.0833. The fourth-order valence-corrected chi connectivity index (χ4v) is 2.20. The van der Waals surface area contributed by atoms with Crippen LogP contribution >= 0.6 is 11.3 Å². The Morgan fingerprint density at radius 3 is 2.67 bits per heavy atom. The monoisotopic (exact) mass is 215 g/mol. The average molecular weight is 215 g/mol. The number of phenolic OH excluding ortho intramolecular Hbond substituents is 1. The van der Waals surface area contributed by atoms with E-state index in [1.807, 2.05) is 30.5 Å². The van der Waals surface area contributed by atoms with Crippen molar-refractivity contribution in [1.82, 2.24) is 0 Å². The van der Waals surface area contributed by atoms with Crippen LogP contribution in [0.25, 0.3) is 11.1 Å². The van der Waals surface area contributed by atoms with Crippen molar-refractivity contribution in [2.45, 2.75) is 6.92 Å². The van der Waals surface area contributed by atoms with Gasteiger partial charge in [-0.25, -0.2) is 0 Å². The smallest absolute Gasteiger partial charge is 0.133 e. The first-order valence-electron chi connectivity index (χ1n) is 4.50. The van der Waals surface area contributed by atoms with Crippen molar-refractivity contribution in [1.29, 1.82) is 5.26 Å². The van der Waals surface area contributed by atoms with E-state index < -0.39 is 0 Å². The van der Waals surface area contributed by atoms with Gasteiger partial charge >= 0.3 is 0 Å². The molecular formula is C12H9NOS. The zero-order valence-electron chi connectivity index (χ0n) is 8.19. The molecule has 0 aliphatic heterocycles. The van der Waals surface area contributed by atoms with Crippen LogP contribution in [0.15, 0.2) is 29.6 Å². The first kappa shape index (κ1) is 9.75. The molecule has 0 unspecified atom stereocenters. The van der Waals surface area contributed by atoms with Crippen LogP contribution in [0.4, 0.5) is 0 Å². The van der Waals surface area contributed by atoms with Crippen molar-refractivity contribution in [3.05, 3.63) is 40.1 Å². The molecule has 0 aliphatic rings. The summed E-state index contributed by atoms with van der Waals surface area (Å²) in [5, 5.41) is 20.3. The molecule has 1 aromatic carbocycles. The molecule has 0 saturated carbocycles. The third-order valence-electron chi connectivity index (χ3n) is 2.29. The first-order chi connectivity index (χ1) is 7.22. The minimum Gasteiger partial charge on any atom is -0.507 e. The second kappa shape index (κ2) is 3.76. The molecule has 1 heterocycles. The Bertz CT molecular complexity index is 537. The molecule has 3 heteroatoms. The predicted molar refractivity (Wildman–Crippen MR) is 60.9 cm³/mol. The van der Waals surface area contributed by atoms with E-state index in [2.05, 4.69) is 0 Å². The van der Waals surface area contributed by atoms with Gasteiger partial charge in [-0.3, -0.25) is 0 Å². The van der Waals surface area contributed by atoms with Gasteiger partial charge in [-0.05, 0) is 41.6 Å². The zero-order valence-corrected chi connectivity index (χ0v) is 9.01. The Morgan fingerprint density at radius 1 is 1.33 bits per heavy atom. The number of rotatable bonds is 1. The summed E-state index contributed by atoms with van der Waals surface area (Å²) in [6.07, 6.45) is 0. The molecular weight excluding hydrogens is 206 g/mol. The van der Waals surface area contributed by atoms with Gasteiger partial charge in [-0.15, -0.1) is 11.3 Å². The molecule has 0 spiro atoms. The maximum Gasteiger partial charge on any atom is 0.133 e. The normalized spacial score (nSPS) is 9.87. The van der Waals surface area contributed by atoms with E-state index in [0.717, 1.165) is 11.1 Å². The summed E-state index contributed by atoms with van der Waals surface area (Å²) in [5.74, 6) is 0.0422. The van der Waals surface area contributed by atoms with Crippen molar-refractivity contribution in [3.8, 4) is 22.9 Å². The predicted octanol–water partition coefficient (Wildman–Crippen LogP) is 3.30. The Hall–Kier alpha value is -1.79. The summed E-state index contributed by atoms with van der Waals surface area (Å²) >= 11 is 1.67. The molecule has 2 nitrogen and oxygen atoms in total. The lowest BCUT2D eigenvalue weighted by Crippen LogP contribution is -1.80. The molecule has 0 amide bonds. The molecule has 0 saturated heterocycles. The quantitative estimate of drug-likeness (QED) is 0.793. The van der Waals surface area contributed by atoms with Crippen LogP contribution in [0.1, 0.15) is 10.4 Å². The summed E-state index contributed by atoms with van der Waals surface area (Å²) in [4.78, 5) is 1.21. The third kappa shape index (κ3) is 1.72. The molecule has 0 fully saturated rings. The van der Waals surface area contributed by atoms with Crippen LogP contribution in [-0.4, -0.2) is 5.11 Å². The Kier molecular flexibility index (Phi) is 2.44. The first-order valence-corrected chi connectivity index (χ1v) is 5.38. The molecule has 1 N–H and O–H groups in total. The number of aryl methyl sites for hydroxylation is 1. The van der Waals surface area contributed by atoms with Gasteiger partial charge < -0.3 is 5.11 Å². The number of nitrogens with zero attached hydrogens (tertiary/aromatic N) is 1. The second-order valence-electron chi connectivity index (χ2n) is 3.23. The van der Waals surface area contributed by atoms with Crippen LogP contribution in [0, 0.1) is 18.3 Å². The standard InChI is InChI=1S/C12H9NOS/c1-8-11(4-5-15-8)9-2-3-10(7-13)12(14)6-9/h2-6,14H,1H3. The summed E-state index contributed by atoms with van der Waals surface area (Å²) in [6, 6.07) is 9.08. The molecule has 2 aromatic rings. The molecule has 15 heavy (non-hydrogen) atoms. The van der Waals surface area contributed by atoms with Crippen molar-refractivity contribution in [2.75, 3.05) is 0 Å². The van der Waals surface area contributed by atoms with Crippen molar-refractivity contribution in [3.63, 3.8) is 0 Å². The highest BCUT2D eigenvalue weighted by Crippen LogP contribution is 2.30. The van der Waals surface area contributed by atoms with Gasteiger partial charge in [0, 0.05) is 4.88 Å². The number of hydrogen-bond acceptors (Lipinski definition) is 3. The maximum atomic E-state index is 9.56. The maximum absolute atomic E-state index is 9.56. The average Bonchev–Trinajstić information content (AvgIpc) is 2.64. The molecule has 0 aliphatic carbocycles. The Morgan fingerprint density at radius 2 is 2.13 bits per heavy atom. The summed E-state index contributed by atoms with van der Waals surface area (Å²) in [7, 11) is 0. The minimum absolute atomic E-state index is 0.0422. The third-order valence-corrected chi connectivity index (χ3v) is 3.13. The van der Waals surface area contributed by atoms with E-state index in [4.69, 9.17) is 5.26 Å². The Labute approximate surface area is 92.0 Å². The van der Waals surface area contributed by atoms with E-state index >= 15 is 0 Å². The SMILES string of the molecule is Cc1sccc1-c1ccc(C#N)c(O)c1. The van der Waals surface area contributed by atoms with Gasteiger partial charge in [-0.2, -0.15) is 5.26 Å². The van der Waals surface area contributed by atoms with Gasteiger partial charge in [0.2, 0.25) is 0 Å². The second-order valence-corrected chi connectivity index (χ2v) is 4.35. The Balaban J connectivity index is 2.53. The molecule has 0 radical (unpaired) electrons. The minimum atomic E-state index is 0.0422. The van der Waals surface area contributed by atoms with Crippen molar-refractivity contribution in [2.24, 2.45) is 0 Å². The fourth-order valence-electron chi connectivity index (χ4n) is 1.48. The number of phenols is 1. The number of thiophene rings is 1. The van der Waals surface area contributed by atoms with Crippen LogP contribution in [0.2, 0.25) is 0 Å². The van der Waals surface area contributed by atoms with Crippen LogP contribution in [-0.2, 0) is 0 Å². The molecule has 0 bridgehead atoms. The van der Waals surface area contributed by atoms with E-state index in [1.54, 1.807) is 23.5 Å². The highest BCUT2D eigenvalue weighted by molar-refractivity contribution is 7.10. The molecule has 0 atom stereocenters. The van der Waals surface area contributed by atoms with Crippen molar-refractivity contribution < 1.29 is 5.11 Å². The van der Waals surface area contributed by atoms with E-state index in [0.29, 0.717) is 5.56 Å². The van der Waals surface area contributed by atoms with Gasteiger partial charge in [0.15, 0.2) is 0 Å².